The molecule has 1 fully saturated rings. The quantitative estimate of drug-likeness (QED) is 0.0513. The van der Waals surface area contributed by atoms with Crippen molar-refractivity contribution in [1.29, 1.82) is 0 Å². The monoisotopic (exact) mass is 1510 g/mol. The highest BCUT2D eigenvalue weighted by molar-refractivity contribution is 7.15. The Bertz CT molecular complexity index is 4660. The van der Waals surface area contributed by atoms with Crippen LogP contribution in [0.15, 0.2) is 285 Å². The summed E-state index contributed by atoms with van der Waals surface area (Å²) in [5.41, 5.74) is 16.4. The Labute approximate surface area is 660 Å². The average molecular weight is 1510 g/mol. The lowest BCUT2D eigenvalue weighted by atomic mass is 9.98. The van der Waals surface area contributed by atoms with E-state index < -0.39 is 11.6 Å². The Kier molecular flexibility index (Phi) is 33.1. The number of benzene rings is 11. The molecule has 0 aliphatic heterocycles. The molecule has 0 atom stereocenters. The second-order valence-electron chi connectivity index (χ2n) is 27.3. The van der Waals surface area contributed by atoms with E-state index in [0.29, 0.717) is 22.3 Å². The van der Waals surface area contributed by atoms with E-state index in [2.05, 4.69) is 199 Å². The van der Waals surface area contributed by atoms with Crippen molar-refractivity contribution in [1.82, 2.24) is 0 Å². The highest BCUT2D eigenvalue weighted by Crippen LogP contribution is 2.38. The van der Waals surface area contributed by atoms with E-state index in [1.54, 1.807) is 17.4 Å². The second kappa shape index (κ2) is 44.3. The molecule has 110 heavy (non-hydrogen) atoms. The molecule has 1 saturated carbocycles. The maximum absolute atomic E-state index is 14.1. The molecule has 0 N–H and O–H groups in total. The van der Waals surface area contributed by atoms with Crippen molar-refractivity contribution in [2.45, 2.75) is 151 Å². The van der Waals surface area contributed by atoms with E-state index in [4.69, 9.17) is 23.7 Å². The Morgan fingerprint density at radius 1 is 0.309 bits per heavy atom. The molecule has 2 aromatic heterocycles. The van der Waals surface area contributed by atoms with E-state index in [0.717, 1.165) is 120 Å². The topological polar surface area (TPSA) is 46.2 Å². The fourth-order valence-electron chi connectivity index (χ4n) is 12.6. The number of rotatable bonds is 27. The Morgan fingerprint density at radius 3 is 1.04 bits per heavy atom. The number of halogens is 3. The lowest BCUT2D eigenvalue weighted by Crippen LogP contribution is -2.19. The summed E-state index contributed by atoms with van der Waals surface area (Å²) in [5.74, 6) is 3.87. The van der Waals surface area contributed by atoms with Crippen LogP contribution in [0.3, 0.4) is 0 Å². The van der Waals surface area contributed by atoms with Gasteiger partial charge in [0.05, 0.1) is 35.7 Å². The largest absolute Gasteiger partial charge is 0.494 e. The highest BCUT2D eigenvalue weighted by atomic mass is 32.1. The van der Waals surface area contributed by atoms with Crippen LogP contribution in [-0.2, 0) is 25.7 Å². The van der Waals surface area contributed by atoms with Gasteiger partial charge >= 0.3 is 0 Å². The number of unbranched alkanes of at least 4 members (excludes halogenated alkanes) is 1. The third-order valence-corrected chi connectivity index (χ3v) is 21.4. The third-order valence-electron chi connectivity index (χ3n) is 18.8. The van der Waals surface area contributed by atoms with Gasteiger partial charge in [-0.2, -0.15) is 0 Å². The third kappa shape index (κ3) is 25.1. The fraction of sp³-hybridized carbons (Fsp3) is 0.260. The smallest absolute Gasteiger partial charge is 0.177 e. The normalized spacial score (nSPS) is 11.6. The molecule has 0 amide bonds. The molecule has 0 spiro atoms. The zero-order chi connectivity index (χ0) is 77.1. The van der Waals surface area contributed by atoms with Gasteiger partial charge in [0.2, 0.25) is 0 Å². The first-order chi connectivity index (χ1) is 53.9. The molecular formula is C100H105F3O5S2. The summed E-state index contributed by atoms with van der Waals surface area (Å²) >= 11 is 2.76. The molecule has 10 heteroatoms. The maximum Gasteiger partial charge on any atom is 0.177 e. The molecule has 11 aromatic carbocycles. The van der Waals surface area contributed by atoms with Crippen molar-refractivity contribution in [2.75, 3.05) is 19.8 Å². The van der Waals surface area contributed by atoms with Gasteiger partial charge in [-0.1, -0.05) is 274 Å². The van der Waals surface area contributed by atoms with Crippen LogP contribution in [0.1, 0.15) is 140 Å². The highest BCUT2D eigenvalue weighted by Gasteiger charge is 2.19. The van der Waals surface area contributed by atoms with Gasteiger partial charge in [-0.15, -0.1) is 22.7 Å². The molecular weight excluding hydrogens is 1400 g/mol. The van der Waals surface area contributed by atoms with E-state index in [1.807, 2.05) is 128 Å². The average Bonchev–Trinajstić information content (AvgIpc) is 1.67. The van der Waals surface area contributed by atoms with Crippen molar-refractivity contribution < 1.29 is 36.9 Å². The molecule has 0 radical (unpaired) electrons. The summed E-state index contributed by atoms with van der Waals surface area (Å²) in [4.78, 5) is 2.73. The number of hydrogen-bond donors (Lipinski definition) is 0. The molecule has 0 bridgehead atoms. The van der Waals surface area contributed by atoms with Gasteiger partial charge in [-0.25, -0.2) is 13.2 Å². The van der Waals surface area contributed by atoms with Crippen LogP contribution in [0, 0.1) is 17.5 Å². The lowest BCUT2D eigenvalue weighted by molar-refractivity contribution is 0.155. The first-order valence-corrected chi connectivity index (χ1v) is 41.1. The van der Waals surface area contributed by atoms with E-state index in [-0.39, 0.29) is 5.82 Å². The maximum atomic E-state index is 14.1. The van der Waals surface area contributed by atoms with Crippen LogP contribution in [0.4, 0.5) is 13.2 Å². The minimum absolute atomic E-state index is 0.107. The summed E-state index contributed by atoms with van der Waals surface area (Å²) in [5, 5.41) is 0. The summed E-state index contributed by atoms with van der Waals surface area (Å²) in [7, 11) is 0. The Hall–Kier alpha value is -10.4. The Balaban J connectivity index is 0.000000147. The summed E-state index contributed by atoms with van der Waals surface area (Å²) < 4.78 is 70.2. The number of thiophene rings is 2. The van der Waals surface area contributed by atoms with Crippen LogP contribution >= 0.6 is 22.7 Å². The van der Waals surface area contributed by atoms with Gasteiger partial charge in [-0.3, -0.25) is 0 Å². The molecule has 5 nitrogen and oxygen atoms in total. The summed E-state index contributed by atoms with van der Waals surface area (Å²) in [6.07, 6.45) is 17.0. The van der Waals surface area contributed by atoms with Crippen LogP contribution in [0.2, 0.25) is 0 Å². The molecule has 0 saturated heterocycles. The van der Waals surface area contributed by atoms with Crippen molar-refractivity contribution in [3.05, 3.63) is 323 Å². The van der Waals surface area contributed by atoms with Crippen LogP contribution < -0.4 is 23.7 Å². The SMILES string of the molecule is CCCCc1ccc(-c2ccc(-c3sc(CC)cc3F)cc2)cc1.CCCOc1ccc(-c2ccc(-c3ccc(OCCC)cc3)cc2)cc1.CCCOc1ccc(Oc2ccc(-c3ccccc3)cc2)cc1.CCCc1ccc(-c2sc(CC)c(F)c2F)cc1.c1ccc(-c2ccc(OC3CCCCC3)cc2)cc1. The van der Waals surface area contributed by atoms with E-state index >= 15 is 0 Å². The van der Waals surface area contributed by atoms with E-state index in [1.165, 1.54) is 123 Å². The van der Waals surface area contributed by atoms with Gasteiger partial charge in [0.1, 0.15) is 40.3 Å². The minimum atomic E-state index is -0.708. The number of aryl methyl sites for hydroxylation is 4. The predicted octanol–water partition coefficient (Wildman–Crippen LogP) is 29.9. The van der Waals surface area contributed by atoms with Gasteiger partial charge in [0, 0.05) is 9.75 Å². The summed E-state index contributed by atoms with van der Waals surface area (Å²) in [6.45, 7) is 16.8. The van der Waals surface area contributed by atoms with Crippen molar-refractivity contribution in [3.63, 3.8) is 0 Å². The molecule has 14 rings (SSSR count). The summed E-state index contributed by atoms with van der Waals surface area (Å²) in [6, 6.07) is 96.7. The van der Waals surface area contributed by atoms with Crippen molar-refractivity contribution >= 4 is 22.7 Å². The van der Waals surface area contributed by atoms with Crippen molar-refractivity contribution in [3.8, 4) is 111 Å². The van der Waals surface area contributed by atoms with Crippen LogP contribution in [-0.4, -0.2) is 25.9 Å². The first kappa shape index (κ1) is 82.1. The molecule has 2 heterocycles. The van der Waals surface area contributed by atoms with Gasteiger partial charge in [0.15, 0.2) is 11.6 Å². The zero-order valence-corrected chi connectivity index (χ0v) is 66.6. The minimum Gasteiger partial charge on any atom is -0.494 e. The van der Waals surface area contributed by atoms with Crippen LogP contribution in [0.5, 0.6) is 34.5 Å². The lowest BCUT2D eigenvalue weighted by Gasteiger charge is -2.23. The molecule has 13 aromatic rings. The predicted molar refractivity (Wildman–Crippen MR) is 459 cm³/mol. The van der Waals surface area contributed by atoms with Crippen molar-refractivity contribution in [2.24, 2.45) is 0 Å². The zero-order valence-electron chi connectivity index (χ0n) is 64.9. The molecule has 0 unspecified atom stereocenters. The first-order valence-electron chi connectivity index (χ1n) is 39.4. The van der Waals surface area contributed by atoms with Crippen LogP contribution in [0.25, 0.3) is 76.5 Å². The van der Waals surface area contributed by atoms with Gasteiger partial charge in [-0.05, 0) is 234 Å². The fourth-order valence-corrected chi connectivity index (χ4v) is 14.6. The van der Waals surface area contributed by atoms with Gasteiger partial charge in [0.25, 0.3) is 0 Å². The number of ether oxygens (including phenoxy) is 5. The molecule has 568 valence electrons. The molecule has 1 aliphatic rings. The van der Waals surface area contributed by atoms with Gasteiger partial charge < -0.3 is 23.7 Å². The standard InChI is InChI=1S/C24H26O2.C22H23FS.C21H20O2.C18H20O.C15H16F2S/c1-3-17-25-23-13-9-21(10-14-23)19-5-7-20(8-6-19)22-11-15-24(16-12-22)26-18-4-2;1-3-5-6-16-7-9-17(10-8-16)18-11-13-19(14-12-18)22-21(23)15-20(4-2)24-22;1-2-16-22-19-12-14-21(15-13-19)23-20-10-8-18(9-11-20)17-6-4-3-5-7-17;1-3-7-15(8-4-1)16-11-13-18(14-12-16)19-17-9-5-2-6-10-17;1-3-5-10-6-8-11(9-7-10)15-14(17)13(16)12(4-2)18-15/h5-16H,3-4,17-18H2,1-2H3;7-15H,3-6H2,1-2H3;3-15H,2,16H2,1H3;1,3-4,7-8,11-14,17H,2,5-6,9-10H2;6-9H,3-5H2,1-2H3. The second-order valence-corrected chi connectivity index (χ2v) is 29.5. The van der Waals surface area contributed by atoms with E-state index in [9.17, 15) is 13.2 Å². The molecule has 1 aliphatic carbocycles. The number of hydrogen-bond acceptors (Lipinski definition) is 7. The Morgan fingerprint density at radius 2 is 0.655 bits per heavy atom.